The van der Waals surface area contributed by atoms with Gasteiger partial charge in [0.25, 0.3) is 0 Å². The van der Waals surface area contributed by atoms with Crippen molar-refractivity contribution in [2.75, 3.05) is 0 Å². The summed E-state index contributed by atoms with van der Waals surface area (Å²) < 4.78 is 0. The summed E-state index contributed by atoms with van der Waals surface area (Å²) in [6, 6.07) is 0. The molecule has 0 bridgehead atoms. The fourth-order valence-electron chi connectivity index (χ4n) is 0.809. The Labute approximate surface area is 50.9 Å². The van der Waals surface area contributed by atoms with Gasteiger partial charge in [-0.2, -0.15) is 0 Å². The summed E-state index contributed by atoms with van der Waals surface area (Å²) in [6.07, 6.45) is 11.0. The molecule has 0 saturated carbocycles. The van der Waals surface area contributed by atoms with Crippen LogP contribution in [0.1, 0.15) is 19.8 Å². The van der Waals surface area contributed by atoms with Crippen LogP contribution in [0.3, 0.4) is 0 Å². The lowest BCUT2D eigenvalue weighted by Gasteiger charge is -2.00. The van der Waals surface area contributed by atoms with Crippen molar-refractivity contribution in [2.24, 2.45) is 0 Å². The fourth-order valence-corrected chi connectivity index (χ4v) is 0.809. The maximum Gasteiger partial charge on any atom is -0.0127 e. The van der Waals surface area contributed by atoms with Gasteiger partial charge >= 0.3 is 0 Å². The van der Waals surface area contributed by atoms with E-state index in [9.17, 15) is 0 Å². The van der Waals surface area contributed by atoms with Gasteiger partial charge in [0.1, 0.15) is 0 Å². The Morgan fingerprint density at radius 2 is 2.50 bits per heavy atom. The Bertz CT molecular complexity index is 118. The van der Waals surface area contributed by atoms with Crippen LogP contribution in [0, 0.1) is 6.42 Å². The minimum atomic E-state index is 1.11. The predicted octanol–water partition coefficient (Wildman–Crippen LogP) is 2.49. The quantitative estimate of drug-likeness (QED) is 0.483. The standard InChI is InChI=1S/C8H11/c1-2-8-6-4-3-5-7-8/h4-7H,2-3H2,1H3. The van der Waals surface area contributed by atoms with Gasteiger partial charge in [-0.15, -0.1) is 0 Å². The summed E-state index contributed by atoms with van der Waals surface area (Å²) in [5.74, 6) is 0. The first-order valence-electron chi connectivity index (χ1n) is 3.12. The highest BCUT2D eigenvalue weighted by Gasteiger charge is 1.91. The molecular formula is C8H11. The Hall–Kier alpha value is -0.520. The van der Waals surface area contributed by atoms with Crippen molar-refractivity contribution in [1.29, 1.82) is 0 Å². The Morgan fingerprint density at radius 3 is 2.88 bits per heavy atom. The van der Waals surface area contributed by atoms with Gasteiger partial charge in [0, 0.05) is 0 Å². The van der Waals surface area contributed by atoms with Crippen LogP contribution >= 0.6 is 0 Å². The van der Waals surface area contributed by atoms with Crippen molar-refractivity contribution >= 4 is 0 Å². The van der Waals surface area contributed by atoms with E-state index in [1.165, 1.54) is 5.57 Å². The van der Waals surface area contributed by atoms with Gasteiger partial charge in [-0.3, -0.25) is 0 Å². The average molecular weight is 107 g/mol. The fraction of sp³-hybridized carbons (Fsp3) is 0.375. The van der Waals surface area contributed by atoms with Crippen LogP contribution < -0.4 is 0 Å². The molecule has 1 radical (unpaired) electrons. The first kappa shape index (κ1) is 5.61. The summed E-state index contributed by atoms with van der Waals surface area (Å²) in [5.41, 5.74) is 1.44. The molecule has 0 N–H and O–H groups in total. The van der Waals surface area contributed by atoms with Gasteiger partial charge < -0.3 is 0 Å². The molecular weight excluding hydrogens is 96.1 g/mol. The van der Waals surface area contributed by atoms with Gasteiger partial charge in [0.2, 0.25) is 0 Å². The molecule has 1 rings (SSSR count). The van der Waals surface area contributed by atoms with Crippen molar-refractivity contribution in [3.8, 4) is 0 Å². The van der Waals surface area contributed by atoms with Gasteiger partial charge in [-0.25, -0.2) is 0 Å². The minimum Gasteiger partial charge on any atom is -0.0837 e. The largest absolute Gasteiger partial charge is 0.0837 e. The second-order valence-electron chi connectivity index (χ2n) is 1.97. The Balaban J connectivity index is 2.51. The average Bonchev–Trinajstić information content (AvgIpc) is 1.90. The summed E-state index contributed by atoms with van der Waals surface area (Å²) in [6.45, 7) is 2.18. The van der Waals surface area contributed by atoms with Crippen molar-refractivity contribution in [1.82, 2.24) is 0 Å². The summed E-state index contributed by atoms with van der Waals surface area (Å²) >= 11 is 0. The van der Waals surface area contributed by atoms with E-state index in [-0.39, 0.29) is 0 Å². The van der Waals surface area contributed by atoms with Crippen LogP contribution in [-0.2, 0) is 0 Å². The third kappa shape index (κ3) is 1.22. The van der Waals surface area contributed by atoms with Crippen molar-refractivity contribution in [2.45, 2.75) is 19.8 Å². The molecule has 0 amide bonds. The molecule has 0 aromatic rings. The number of allylic oxidation sites excluding steroid dienone is 4. The molecule has 0 heteroatoms. The van der Waals surface area contributed by atoms with Gasteiger partial charge in [-0.05, 0) is 19.3 Å². The van der Waals surface area contributed by atoms with E-state index < -0.39 is 0 Å². The van der Waals surface area contributed by atoms with E-state index in [4.69, 9.17) is 0 Å². The summed E-state index contributed by atoms with van der Waals surface area (Å²) in [4.78, 5) is 0. The maximum atomic E-state index is 2.19. The van der Waals surface area contributed by atoms with E-state index in [0.29, 0.717) is 0 Å². The van der Waals surface area contributed by atoms with E-state index in [1.54, 1.807) is 0 Å². The van der Waals surface area contributed by atoms with Crippen molar-refractivity contribution < 1.29 is 0 Å². The second-order valence-corrected chi connectivity index (χ2v) is 1.97. The smallest absolute Gasteiger partial charge is 0.0127 e. The molecule has 1 aliphatic rings. The highest BCUT2D eigenvalue weighted by atomic mass is 14.0. The Kier molecular flexibility index (Phi) is 1.90. The third-order valence-electron chi connectivity index (χ3n) is 1.34. The van der Waals surface area contributed by atoms with Crippen LogP contribution in [0.25, 0.3) is 0 Å². The lowest BCUT2D eigenvalue weighted by molar-refractivity contribution is 1.10. The molecule has 0 aromatic heterocycles. The second kappa shape index (κ2) is 2.71. The Morgan fingerprint density at radius 1 is 1.62 bits per heavy atom. The monoisotopic (exact) mass is 107 g/mol. The first-order chi connectivity index (χ1) is 3.93. The lowest BCUT2D eigenvalue weighted by Crippen LogP contribution is -1.81. The third-order valence-corrected chi connectivity index (χ3v) is 1.34. The molecule has 1 aliphatic carbocycles. The minimum absolute atomic E-state index is 1.11. The summed E-state index contributed by atoms with van der Waals surface area (Å²) in [5, 5.41) is 0. The number of hydrogen-bond donors (Lipinski definition) is 0. The molecule has 0 heterocycles. The van der Waals surface area contributed by atoms with E-state index in [2.05, 4.69) is 31.6 Å². The molecule has 8 heavy (non-hydrogen) atoms. The molecule has 0 saturated heterocycles. The predicted molar refractivity (Wildman–Crippen MR) is 36.4 cm³/mol. The molecule has 0 aromatic carbocycles. The highest BCUT2D eigenvalue weighted by Crippen LogP contribution is 2.10. The first-order valence-corrected chi connectivity index (χ1v) is 3.12. The van der Waals surface area contributed by atoms with Crippen LogP contribution in [0.5, 0.6) is 0 Å². The highest BCUT2D eigenvalue weighted by molar-refractivity contribution is 5.26. The molecule has 0 unspecified atom stereocenters. The molecule has 0 fully saturated rings. The zero-order chi connectivity index (χ0) is 5.82. The van der Waals surface area contributed by atoms with Crippen LogP contribution in [-0.4, -0.2) is 0 Å². The SMILES string of the molecule is CCC1=C[CH]CC=C1. The summed E-state index contributed by atoms with van der Waals surface area (Å²) in [7, 11) is 0. The van der Waals surface area contributed by atoms with Gasteiger partial charge in [0.15, 0.2) is 0 Å². The van der Waals surface area contributed by atoms with Crippen LogP contribution in [0.4, 0.5) is 0 Å². The number of rotatable bonds is 1. The van der Waals surface area contributed by atoms with Gasteiger partial charge in [0.05, 0.1) is 0 Å². The lowest BCUT2D eigenvalue weighted by atomic mass is 10.1. The van der Waals surface area contributed by atoms with Gasteiger partial charge in [-0.1, -0.05) is 30.7 Å². The number of hydrogen-bond acceptors (Lipinski definition) is 0. The normalized spacial score (nSPS) is 18.4. The zero-order valence-electron chi connectivity index (χ0n) is 5.22. The zero-order valence-corrected chi connectivity index (χ0v) is 5.22. The molecule has 0 spiro atoms. The molecule has 0 aliphatic heterocycles. The van der Waals surface area contributed by atoms with E-state index in [0.717, 1.165) is 12.8 Å². The van der Waals surface area contributed by atoms with E-state index in [1.807, 2.05) is 0 Å². The van der Waals surface area contributed by atoms with Crippen LogP contribution in [0.15, 0.2) is 23.8 Å². The van der Waals surface area contributed by atoms with E-state index >= 15 is 0 Å². The molecule has 0 atom stereocenters. The topological polar surface area (TPSA) is 0 Å². The molecule has 0 nitrogen and oxygen atoms in total. The van der Waals surface area contributed by atoms with Crippen molar-refractivity contribution in [3.63, 3.8) is 0 Å². The van der Waals surface area contributed by atoms with Crippen molar-refractivity contribution in [3.05, 3.63) is 30.2 Å². The molecule has 43 valence electrons. The maximum absolute atomic E-state index is 2.19. The van der Waals surface area contributed by atoms with Crippen LogP contribution in [0.2, 0.25) is 0 Å².